The van der Waals surface area contributed by atoms with Crippen LogP contribution < -0.4 is 11.5 Å². The first-order chi connectivity index (χ1) is 9.99. The first-order valence-electron chi connectivity index (χ1n) is 8.25. The average Bonchev–Trinajstić information content (AvgIpc) is 2.44. The minimum Gasteiger partial charge on any atom is -0.480 e. The Kier molecular flexibility index (Phi) is 12.2. The van der Waals surface area contributed by atoms with Crippen molar-refractivity contribution in [3.63, 3.8) is 0 Å². The Hall–Kier alpha value is -0.940. The van der Waals surface area contributed by atoms with Gasteiger partial charge in [0.25, 0.3) is 0 Å². The lowest BCUT2D eigenvalue weighted by atomic mass is 9.99. The van der Waals surface area contributed by atoms with E-state index in [9.17, 15) is 9.59 Å². The largest absolute Gasteiger partial charge is 0.480 e. The summed E-state index contributed by atoms with van der Waals surface area (Å²) >= 11 is 0. The Labute approximate surface area is 128 Å². The minimum atomic E-state index is -1.11. The number of nitrogens with two attached hydrogens (primary N) is 2. The van der Waals surface area contributed by atoms with Crippen molar-refractivity contribution < 1.29 is 14.7 Å². The van der Waals surface area contributed by atoms with E-state index < -0.39 is 18.1 Å². The molecule has 0 aromatic rings. The number of carboxylic acids is 1. The van der Waals surface area contributed by atoms with Crippen LogP contribution in [-0.2, 0) is 9.59 Å². The fourth-order valence-electron chi connectivity index (χ4n) is 2.30. The fraction of sp³-hybridized carbons (Fsp3) is 0.875. The van der Waals surface area contributed by atoms with Crippen molar-refractivity contribution in [2.24, 2.45) is 11.5 Å². The zero-order valence-electron chi connectivity index (χ0n) is 13.4. The number of aliphatic carboxylic acids is 1. The molecule has 124 valence electrons. The Bertz CT molecular complexity index is 295. The molecule has 21 heavy (non-hydrogen) atoms. The second-order valence-electron chi connectivity index (χ2n) is 5.83. The summed E-state index contributed by atoms with van der Waals surface area (Å²) in [5.41, 5.74) is 11.0. The van der Waals surface area contributed by atoms with Crippen molar-refractivity contribution >= 4 is 11.8 Å². The van der Waals surface area contributed by atoms with Crippen LogP contribution in [0.5, 0.6) is 0 Å². The van der Waals surface area contributed by atoms with Crippen LogP contribution in [0.2, 0.25) is 0 Å². The zero-order chi connectivity index (χ0) is 16.1. The highest BCUT2D eigenvalue weighted by Crippen LogP contribution is 2.11. The van der Waals surface area contributed by atoms with Crippen LogP contribution in [0, 0.1) is 0 Å². The number of carboxylic acid groups (broad SMARTS) is 1. The molecule has 0 bridgehead atoms. The molecule has 0 aliphatic heterocycles. The predicted octanol–water partition coefficient (Wildman–Crippen LogP) is 2.61. The number of hydrogen-bond acceptors (Lipinski definition) is 4. The van der Waals surface area contributed by atoms with Crippen LogP contribution in [0.4, 0.5) is 0 Å². The number of rotatable bonds is 14. The van der Waals surface area contributed by atoms with Gasteiger partial charge in [-0.05, 0) is 12.8 Å². The van der Waals surface area contributed by atoms with Crippen LogP contribution in [0.1, 0.15) is 77.6 Å². The number of carbonyl (C=O) groups is 2. The summed E-state index contributed by atoms with van der Waals surface area (Å²) in [6.45, 7) is 2.21. The van der Waals surface area contributed by atoms with E-state index >= 15 is 0 Å². The van der Waals surface area contributed by atoms with E-state index in [0.717, 1.165) is 19.3 Å². The summed E-state index contributed by atoms with van der Waals surface area (Å²) in [6, 6.07) is -1.79. The molecule has 0 rings (SSSR count). The second-order valence-corrected chi connectivity index (χ2v) is 5.83. The van der Waals surface area contributed by atoms with Crippen molar-refractivity contribution in [1.29, 1.82) is 0 Å². The summed E-state index contributed by atoms with van der Waals surface area (Å²) in [5.74, 6) is -1.18. The van der Waals surface area contributed by atoms with Gasteiger partial charge in [0.15, 0.2) is 0 Å². The highest BCUT2D eigenvalue weighted by molar-refractivity contribution is 5.84. The number of ketones is 1. The average molecular weight is 300 g/mol. The van der Waals surface area contributed by atoms with Crippen LogP contribution >= 0.6 is 0 Å². The van der Waals surface area contributed by atoms with Crippen molar-refractivity contribution in [2.45, 2.75) is 89.6 Å². The van der Waals surface area contributed by atoms with Crippen molar-refractivity contribution in [3.05, 3.63) is 0 Å². The molecule has 0 spiro atoms. The van der Waals surface area contributed by atoms with Gasteiger partial charge in [-0.15, -0.1) is 0 Å². The lowest BCUT2D eigenvalue weighted by molar-refractivity contribution is -0.138. The molecule has 2 atom stereocenters. The van der Waals surface area contributed by atoms with E-state index in [1.807, 2.05) is 0 Å². The maximum absolute atomic E-state index is 11.7. The van der Waals surface area contributed by atoms with E-state index in [2.05, 4.69) is 6.92 Å². The van der Waals surface area contributed by atoms with Gasteiger partial charge in [-0.2, -0.15) is 0 Å². The first kappa shape index (κ1) is 20.1. The molecule has 0 radical (unpaired) electrons. The summed E-state index contributed by atoms with van der Waals surface area (Å²) in [4.78, 5) is 22.3. The van der Waals surface area contributed by atoms with Crippen LogP contribution in [0.25, 0.3) is 0 Å². The number of carbonyl (C=O) groups excluding carboxylic acids is 1. The molecule has 0 heterocycles. The van der Waals surface area contributed by atoms with Gasteiger partial charge in [-0.25, -0.2) is 0 Å². The molecule has 0 aromatic carbocycles. The van der Waals surface area contributed by atoms with Crippen LogP contribution in [0.3, 0.4) is 0 Å². The maximum Gasteiger partial charge on any atom is 0.320 e. The molecular weight excluding hydrogens is 268 g/mol. The van der Waals surface area contributed by atoms with E-state index in [4.69, 9.17) is 16.6 Å². The molecule has 5 nitrogen and oxygen atoms in total. The van der Waals surface area contributed by atoms with Gasteiger partial charge >= 0.3 is 5.97 Å². The first-order valence-corrected chi connectivity index (χ1v) is 8.25. The van der Waals surface area contributed by atoms with Gasteiger partial charge in [0.2, 0.25) is 0 Å². The highest BCUT2D eigenvalue weighted by atomic mass is 16.4. The smallest absolute Gasteiger partial charge is 0.320 e. The number of Topliss-reactive ketones (excluding diaryl/α,β-unsaturated/α-hetero) is 1. The fourth-order valence-corrected chi connectivity index (χ4v) is 2.30. The standard InChI is InChI=1S/C16H32N2O3/c1-2-3-4-5-6-7-8-9-10-11-15(19)13(17)12-14(18)16(20)21/h13-14H,2-12,17-18H2,1H3,(H,20,21). The topological polar surface area (TPSA) is 106 Å². The van der Waals surface area contributed by atoms with E-state index in [1.54, 1.807) is 0 Å². The molecule has 0 aromatic heterocycles. The number of hydrogen-bond donors (Lipinski definition) is 3. The minimum absolute atomic E-state index is 0.0194. The molecule has 5 N–H and O–H groups in total. The molecular formula is C16H32N2O3. The number of unbranched alkanes of at least 4 members (excludes halogenated alkanes) is 8. The third-order valence-electron chi connectivity index (χ3n) is 3.77. The highest BCUT2D eigenvalue weighted by Gasteiger charge is 2.20. The summed E-state index contributed by atoms with van der Waals surface area (Å²) < 4.78 is 0. The quantitative estimate of drug-likeness (QED) is 0.427. The molecule has 0 aliphatic rings. The van der Waals surface area contributed by atoms with Crippen LogP contribution in [-0.4, -0.2) is 28.9 Å². The lowest BCUT2D eigenvalue weighted by Crippen LogP contribution is -2.41. The lowest BCUT2D eigenvalue weighted by Gasteiger charge is -2.13. The van der Waals surface area contributed by atoms with E-state index in [-0.39, 0.29) is 12.2 Å². The van der Waals surface area contributed by atoms with Gasteiger partial charge < -0.3 is 16.6 Å². The predicted molar refractivity (Wildman–Crippen MR) is 85.1 cm³/mol. The summed E-state index contributed by atoms with van der Waals surface area (Å²) in [6.07, 6.45) is 11.2. The third kappa shape index (κ3) is 11.4. The zero-order valence-corrected chi connectivity index (χ0v) is 13.4. The van der Waals surface area contributed by atoms with Crippen molar-refractivity contribution in [3.8, 4) is 0 Å². The van der Waals surface area contributed by atoms with Gasteiger partial charge in [0.1, 0.15) is 11.8 Å². The Morgan fingerprint density at radius 1 is 0.857 bits per heavy atom. The molecule has 0 fully saturated rings. The molecule has 0 aliphatic carbocycles. The maximum atomic E-state index is 11.7. The Morgan fingerprint density at radius 3 is 1.81 bits per heavy atom. The molecule has 0 saturated carbocycles. The van der Waals surface area contributed by atoms with Crippen molar-refractivity contribution in [1.82, 2.24) is 0 Å². The summed E-state index contributed by atoms with van der Waals surface area (Å²) in [5, 5.41) is 8.67. The normalized spacial score (nSPS) is 13.9. The van der Waals surface area contributed by atoms with Gasteiger partial charge in [-0.1, -0.05) is 58.3 Å². The Morgan fingerprint density at radius 2 is 1.33 bits per heavy atom. The monoisotopic (exact) mass is 300 g/mol. The van der Waals surface area contributed by atoms with E-state index in [0.29, 0.717) is 6.42 Å². The summed E-state index contributed by atoms with van der Waals surface area (Å²) in [7, 11) is 0. The molecule has 0 amide bonds. The van der Waals surface area contributed by atoms with Crippen molar-refractivity contribution in [2.75, 3.05) is 0 Å². The second kappa shape index (κ2) is 12.8. The van der Waals surface area contributed by atoms with Gasteiger partial charge in [-0.3, -0.25) is 9.59 Å². The molecule has 2 unspecified atom stereocenters. The molecule has 0 saturated heterocycles. The molecule has 5 heteroatoms. The third-order valence-corrected chi connectivity index (χ3v) is 3.77. The van der Waals surface area contributed by atoms with Gasteiger partial charge in [0, 0.05) is 6.42 Å². The SMILES string of the molecule is CCCCCCCCCCCC(=O)C(N)CC(N)C(=O)O. The van der Waals surface area contributed by atoms with E-state index in [1.165, 1.54) is 38.5 Å². The van der Waals surface area contributed by atoms with Crippen LogP contribution in [0.15, 0.2) is 0 Å². The Balaban J connectivity index is 3.50. The van der Waals surface area contributed by atoms with Gasteiger partial charge in [0.05, 0.1) is 6.04 Å².